The quantitative estimate of drug-likeness (QED) is 0.360. The first kappa shape index (κ1) is 22.8. The molecule has 0 aliphatic heterocycles. The van der Waals surface area contributed by atoms with Crippen LogP contribution in [0.4, 0.5) is 19.0 Å². The first-order valence-corrected chi connectivity index (χ1v) is 10.5. The standard InChI is InChI=1S/C22H20ClF3N6O/c1-3-21(2,20(33)29-11-22(24,25)26)32-19-13-6-4-5-7-16(13)30-18(31-19)15-10-28-17-14(15)8-12(23)9-27-17/h4-10H,3,11H2,1-2H3,(H,27,28)(H,29,33)(H,30,31,32)/t21-/m1/s1. The van der Waals surface area contributed by atoms with Crippen molar-refractivity contribution < 1.29 is 18.0 Å². The molecule has 3 N–H and O–H groups in total. The minimum atomic E-state index is -4.51. The third-order valence-electron chi connectivity index (χ3n) is 5.39. The van der Waals surface area contributed by atoms with Gasteiger partial charge in [0.1, 0.15) is 23.5 Å². The molecule has 0 unspecified atom stereocenters. The van der Waals surface area contributed by atoms with Gasteiger partial charge >= 0.3 is 6.18 Å². The summed E-state index contributed by atoms with van der Waals surface area (Å²) < 4.78 is 37.9. The Hall–Kier alpha value is -3.40. The lowest BCUT2D eigenvalue weighted by atomic mass is 9.97. The molecule has 11 heteroatoms. The second-order valence-corrected chi connectivity index (χ2v) is 8.21. The lowest BCUT2D eigenvalue weighted by molar-refractivity contribution is -0.140. The summed E-state index contributed by atoms with van der Waals surface area (Å²) in [7, 11) is 0. The van der Waals surface area contributed by atoms with Crippen molar-refractivity contribution in [2.45, 2.75) is 32.0 Å². The van der Waals surface area contributed by atoms with Crippen molar-refractivity contribution in [3.8, 4) is 11.4 Å². The average Bonchev–Trinajstić information content (AvgIpc) is 3.19. The zero-order chi connectivity index (χ0) is 23.8. The fourth-order valence-corrected chi connectivity index (χ4v) is 3.56. The van der Waals surface area contributed by atoms with Crippen molar-refractivity contribution >= 4 is 45.3 Å². The number of nitrogens with zero attached hydrogens (tertiary/aromatic N) is 3. The maximum atomic E-state index is 12.7. The van der Waals surface area contributed by atoms with Gasteiger partial charge in [0.2, 0.25) is 5.91 Å². The fraction of sp³-hybridized carbons (Fsp3) is 0.273. The van der Waals surface area contributed by atoms with E-state index in [0.717, 1.165) is 0 Å². The molecule has 33 heavy (non-hydrogen) atoms. The van der Waals surface area contributed by atoms with Crippen LogP contribution in [0.3, 0.4) is 0 Å². The first-order chi connectivity index (χ1) is 15.6. The van der Waals surface area contributed by atoms with E-state index in [0.29, 0.717) is 44.2 Å². The minimum Gasteiger partial charge on any atom is -0.356 e. The Morgan fingerprint density at radius 1 is 1.18 bits per heavy atom. The van der Waals surface area contributed by atoms with E-state index in [1.807, 2.05) is 11.4 Å². The molecular weight excluding hydrogens is 457 g/mol. The van der Waals surface area contributed by atoms with Crippen LogP contribution in [0.15, 0.2) is 42.7 Å². The Balaban J connectivity index is 1.78. The second kappa shape index (κ2) is 8.51. The van der Waals surface area contributed by atoms with Crippen LogP contribution in [0.5, 0.6) is 0 Å². The largest absolute Gasteiger partial charge is 0.405 e. The number of rotatable bonds is 6. The van der Waals surface area contributed by atoms with E-state index >= 15 is 0 Å². The number of aromatic amines is 1. The van der Waals surface area contributed by atoms with Crippen LogP contribution in [0.2, 0.25) is 5.02 Å². The van der Waals surface area contributed by atoms with Crippen LogP contribution >= 0.6 is 11.6 Å². The number of halogens is 4. The number of para-hydroxylation sites is 1. The summed E-state index contributed by atoms with van der Waals surface area (Å²) in [5.41, 5.74) is 0.507. The normalized spacial score (nSPS) is 13.8. The summed E-state index contributed by atoms with van der Waals surface area (Å²) in [5.74, 6) is -0.109. The molecule has 1 atom stereocenters. The monoisotopic (exact) mass is 476 g/mol. The Kier molecular flexibility index (Phi) is 5.87. The number of carbonyl (C=O) groups excluding carboxylic acids is 1. The van der Waals surface area contributed by atoms with Gasteiger partial charge in [0.15, 0.2) is 5.82 Å². The molecule has 1 amide bonds. The summed E-state index contributed by atoms with van der Waals surface area (Å²) in [6.45, 7) is 1.82. The fourth-order valence-electron chi connectivity index (χ4n) is 3.40. The van der Waals surface area contributed by atoms with Crippen LogP contribution in [-0.4, -0.2) is 44.1 Å². The second-order valence-electron chi connectivity index (χ2n) is 7.77. The number of hydrogen-bond acceptors (Lipinski definition) is 5. The molecule has 0 saturated heterocycles. The maximum absolute atomic E-state index is 12.7. The van der Waals surface area contributed by atoms with Gasteiger partial charge < -0.3 is 15.6 Å². The van der Waals surface area contributed by atoms with E-state index in [-0.39, 0.29) is 6.42 Å². The van der Waals surface area contributed by atoms with Gasteiger partial charge in [0, 0.05) is 28.7 Å². The molecule has 4 rings (SSSR count). The lowest BCUT2D eigenvalue weighted by Gasteiger charge is -2.29. The average molecular weight is 477 g/mol. The molecule has 7 nitrogen and oxygen atoms in total. The summed E-state index contributed by atoms with van der Waals surface area (Å²) >= 11 is 6.11. The van der Waals surface area contributed by atoms with Crippen molar-refractivity contribution in [1.82, 2.24) is 25.3 Å². The number of benzene rings is 1. The Morgan fingerprint density at radius 3 is 2.67 bits per heavy atom. The number of alkyl halides is 3. The number of amides is 1. The van der Waals surface area contributed by atoms with Crippen molar-refractivity contribution in [1.29, 1.82) is 0 Å². The number of fused-ring (bicyclic) bond motifs is 2. The third-order valence-corrected chi connectivity index (χ3v) is 5.60. The number of aromatic nitrogens is 4. The van der Waals surface area contributed by atoms with Gasteiger partial charge in [-0.3, -0.25) is 4.79 Å². The zero-order valence-corrected chi connectivity index (χ0v) is 18.5. The predicted molar refractivity (Wildman–Crippen MR) is 121 cm³/mol. The molecule has 0 bridgehead atoms. The SMILES string of the molecule is CC[C@@](C)(Nc1nc(-c2c[nH]c3ncc(Cl)cc23)nc2ccccc12)C(=O)NCC(F)(F)F. The van der Waals surface area contributed by atoms with Crippen LogP contribution in [0, 0.1) is 0 Å². The van der Waals surface area contributed by atoms with Crippen molar-refractivity contribution in [3.05, 3.63) is 47.7 Å². The number of nitrogens with one attached hydrogen (secondary N) is 3. The highest BCUT2D eigenvalue weighted by molar-refractivity contribution is 6.31. The molecule has 3 aromatic heterocycles. The van der Waals surface area contributed by atoms with Gasteiger partial charge in [0.25, 0.3) is 0 Å². The van der Waals surface area contributed by atoms with Gasteiger partial charge in [-0.2, -0.15) is 13.2 Å². The Morgan fingerprint density at radius 2 is 1.94 bits per heavy atom. The summed E-state index contributed by atoms with van der Waals surface area (Å²) in [6.07, 6.45) is -1.07. The van der Waals surface area contributed by atoms with Gasteiger partial charge in [-0.05, 0) is 31.5 Å². The number of pyridine rings is 1. The van der Waals surface area contributed by atoms with Crippen LogP contribution in [0.1, 0.15) is 20.3 Å². The summed E-state index contributed by atoms with van der Waals surface area (Å²) in [6, 6.07) is 8.91. The molecular formula is C22H20ClF3N6O. The molecule has 0 aliphatic rings. The van der Waals surface area contributed by atoms with E-state index < -0.39 is 24.2 Å². The highest BCUT2D eigenvalue weighted by atomic mass is 35.5. The van der Waals surface area contributed by atoms with Crippen molar-refractivity contribution in [2.24, 2.45) is 0 Å². The molecule has 1 aromatic carbocycles. The van der Waals surface area contributed by atoms with Crippen LogP contribution < -0.4 is 10.6 Å². The maximum Gasteiger partial charge on any atom is 0.405 e. The molecule has 172 valence electrons. The first-order valence-electron chi connectivity index (χ1n) is 10.1. The van der Waals surface area contributed by atoms with E-state index in [1.165, 1.54) is 13.1 Å². The number of hydrogen-bond donors (Lipinski definition) is 3. The highest BCUT2D eigenvalue weighted by Crippen LogP contribution is 2.32. The molecule has 0 aliphatic carbocycles. The number of H-pyrrole nitrogens is 1. The van der Waals surface area contributed by atoms with Gasteiger partial charge in [-0.1, -0.05) is 30.7 Å². The summed E-state index contributed by atoms with van der Waals surface area (Å²) in [4.78, 5) is 29.2. The van der Waals surface area contributed by atoms with Gasteiger partial charge in [-0.25, -0.2) is 15.0 Å². The van der Waals surface area contributed by atoms with Crippen LogP contribution in [-0.2, 0) is 4.79 Å². The van der Waals surface area contributed by atoms with Crippen molar-refractivity contribution in [2.75, 3.05) is 11.9 Å². The third kappa shape index (κ3) is 4.70. The minimum absolute atomic E-state index is 0.219. The van der Waals surface area contributed by atoms with E-state index in [9.17, 15) is 18.0 Å². The molecule has 0 radical (unpaired) electrons. The predicted octanol–water partition coefficient (Wildman–Crippen LogP) is 5.09. The summed E-state index contributed by atoms with van der Waals surface area (Å²) in [5, 5.41) is 6.81. The number of carbonyl (C=O) groups is 1. The Bertz CT molecular complexity index is 1340. The van der Waals surface area contributed by atoms with E-state index in [4.69, 9.17) is 11.6 Å². The van der Waals surface area contributed by atoms with Gasteiger partial charge in [-0.15, -0.1) is 0 Å². The smallest absolute Gasteiger partial charge is 0.356 e. The topological polar surface area (TPSA) is 95.6 Å². The molecule has 0 fully saturated rings. The Labute approximate surface area is 191 Å². The molecule has 4 aromatic rings. The zero-order valence-electron chi connectivity index (χ0n) is 17.7. The van der Waals surface area contributed by atoms with E-state index in [1.54, 1.807) is 37.4 Å². The van der Waals surface area contributed by atoms with Gasteiger partial charge in [0.05, 0.1) is 10.5 Å². The lowest BCUT2D eigenvalue weighted by Crippen LogP contribution is -2.52. The van der Waals surface area contributed by atoms with E-state index in [2.05, 4.69) is 25.3 Å². The number of anilines is 1. The molecule has 0 spiro atoms. The van der Waals surface area contributed by atoms with Crippen molar-refractivity contribution in [3.63, 3.8) is 0 Å². The molecule has 0 saturated carbocycles. The molecule has 3 heterocycles. The van der Waals surface area contributed by atoms with Crippen LogP contribution in [0.25, 0.3) is 33.3 Å². The highest BCUT2D eigenvalue weighted by Gasteiger charge is 2.36.